The molecule has 2 N–H and O–H groups in total. The van der Waals surface area contributed by atoms with Crippen LogP contribution in [0.4, 0.5) is 0 Å². The van der Waals surface area contributed by atoms with Gasteiger partial charge in [-0.3, -0.25) is 9.59 Å². The molecule has 2 amide bonds. The number of likely N-dealkylation sites (N-methyl/N-ethyl adjacent to an activating group) is 1. The molecule has 2 aliphatic rings. The number of amides is 2. The molecule has 0 saturated carbocycles. The van der Waals surface area contributed by atoms with Crippen molar-refractivity contribution in [2.24, 2.45) is 11.8 Å². The van der Waals surface area contributed by atoms with Gasteiger partial charge in [-0.25, -0.2) is 0 Å². The first-order chi connectivity index (χ1) is 8.08. The van der Waals surface area contributed by atoms with Gasteiger partial charge < -0.3 is 15.5 Å². The van der Waals surface area contributed by atoms with Crippen LogP contribution in [0.3, 0.4) is 0 Å². The highest BCUT2D eigenvalue weighted by atomic mass is 16.2. The molecular weight excluding hydrogens is 218 g/mol. The summed E-state index contributed by atoms with van der Waals surface area (Å²) in [6.07, 6.45) is 1.31. The summed E-state index contributed by atoms with van der Waals surface area (Å²) in [5.41, 5.74) is 0. The number of nitrogens with zero attached hydrogens (tertiary/aromatic N) is 1. The minimum Gasteiger partial charge on any atom is -0.351 e. The molecule has 17 heavy (non-hydrogen) atoms. The van der Waals surface area contributed by atoms with Crippen molar-refractivity contribution in [3.05, 3.63) is 0 Å². The van der Waals surface area contributed by atoms with E-state index in [9.17, 15) is 9.59 Å². The number of hydrogen-bond donors (Lipinski definition) is 2. The van der Waals surface area contributed by atoms with Crippen molar-refractivity contribution in [1.82, 2.24) is 15.5 Å². The van der Waals surface area contributed by atoms with Gasteiger partial charge >= 0.3 is 0 Å². The van der Waals surface area contributed by atoms with Gasteiger partial charge in [0, 0.05) is 32.6 Å². The summed E-state index contributed by atoms with van der Waals surface area (Å²) in [4.78, 5) is 25.1. The highest BCUT2D eigenvalue weighted by Gasteiger charge is 2.32. The van der Waals surface area contributed by atoms with Crippen LogP contribution >= 0.6 is 0 Å². The number of rotatable bonds is 2. The zero-order chi connectivity index (χ0) is 12.4. The first kappa shape index (κ1) is 12.4. The molecule has 2 fully saturated rings. The van der Waals surface area contributed by atoms with Crippen molar-refractivity contribution in [1.29, 1.82) is 0 Å². The van der Waals surface area contributed by atoms with Gasteiger partial charge in [-0.05, 0) is 18.9 Å². The SMILES string of the molecule is C[C@@H]1CNC[C@H]1C(=O)NC1CCC(=O)N(C)C1. The second-order valence-corrected chi connectivity index (χ2v) is 5.26. The van der Waals surface area contributed by atoms with E-state index in [1.807, 2.05) is 0 Å². The van der Waals surface area contributed by atoms with E-state index in [0.29, 0.717) is 18.9 Å². The maximum Gasteiger partial charge on any atom is 0.224 e. The Balaban J connectivity index is 1.84. The fourth-order valence-corrected chi connectivity index (χ4v) is 2.60. The Hall–Kier alpha value is -1.10. The van der Waals surface area contributed by atoms with Crippen LogP contribution in [-0.2, 0) is 9.59 Å². The highest BCUT2D eigenvalue weighted by Crippen LogP contribution is 2.17. The van der Waals surface area contributed by atoms with E-state index in [-0.39, 0.29) is 23.8 Å². The summed E-state index contributed by atoms with van der Waals surface area (Å²) >= 11 is 0. The van der Waals surface area contributed by atoms with Crippen molar-refractivity contribution < 1.29 is 9.59 Å². The molecule has 0 bridgehead atoms. The summed E-state index contributed by atoms with van der Waals surface area (Å²) < 4.78 is 0. The monoisotopic (exact) mass is 239 g/mol. The van der Waals surface area contributed by atoms with Crippen LogP contribution in [0.2, 0.25) is 0 Å². The van der Waals surface area contributed by atoms with Crippen molar-refractivity contribution >= 4 is 11.8 Å². The Morgan fingerprint density at radius 1 is 1.47 bits per heavy atom. The molecular formula is C12H21N3O2. The minimum absolute atomic E-state index is 0.0814. The van der Waals surface area contributed by atoms with Gasteiger partial charge in [0.2, 0.25) is 11.8 Å². The molecule has 5 nitrogen and oxygen atoms in total. The largest absolute Gasteiger partial charge is 0.351 e. The molecule has 96 valence electrons. The third-order valence-corrected chi connectivity index (χ3v) is 3.83. The number of piperidine rings is 1. The standard InChI is InChI=1S/C12H21N3O2/c1-8-5-13-6-10(8)12(17)14-9-3-4-11(16)15(2)7-9/h8-10,13H,3-7H2,1-2H3,(H,14,17)/t8-,9?,10-/m1/s1. The Bertz CT molecular complexity index is 319. The molecule has 0 radical (unpaired) electrons. The highest BCUT2D eigenvalue weighted by molar-refractivity contribution is 5.81. The predicted molar refractivity (Wildman–Crippen MR) is 64.3 cm³/mol. The minimum atomic E-state index is 0.0814. The van der Waals surface area contributed by atoms with Crippen molar-refractivity contribution in [2.45, 2.75) is 25.8 Å². The van der Waals surface area contributed by atoms with E-state index in [1.54, 1.807) is 11.9 Å². The molecule has 5 heteroatoms. The van der Waals surface area contributed by atoms with Crippen LogP contribution in [0.25, 0.3) is 0 Å². The fraction of sp³-hybridized carbons (Fsp3) is 0.833. The lowest BCUT2D eigenvalue weighted by Crippen LogP contribution is -2.50. The van der Waals surface area contributed by atoms with Crippen LogP contribution in [-0.4, -0.2) is 49.4 Å². The second-order valence-electron chi connectivity index (χ2n) is 5.26. The lowest BCUT2D eigenvalue weighted by Gasteiger charge is -2.31. The summed E-state index contributed by atoms with van der Waals surface area (Å²) in [5, 5.41) is 6.30. The van der Waals surface area contributed by atoms with Crippen molar-refractivity contribution in [2.75, 3.05) is 26.7 Å². The fourth-order valence-electron chi connectivity index (χ4n) is 2.60. The number of hydrogen-bond acceptors (Lipinski definition) is 3. The van der Waals surface area contributed by atoms with Gasteiger partial charge in [0.15, 0.2) is 0 Å². The Labute approximate surface area is 102 Å². The van der Waals surface area contributed by atoms with Gasteiger partial charge in [-0.2, -0.15) is 0 Å². The molecule has 1 unspecified atom stereocenters. The van der Waals surface area contributed by atoms with Gasteiger partial charge in [0.1, 0.15) is 0 Å². The summed E-state index contributed by atoms with van der Waals surface area (Å²) in [6, 6.07) is 0.123. The number of carbonyl (C=O) groups excluding carboxylic acids is 2. The molecule has 0 aromatic heterocycles. The van der Waals surface area contributed by atoms with Crippen LogP contribution in [0, 0.1) is 11.8 Å². The molecule has 0 aromatic rings. The molecule has 0 aromatic carbocycles. The molecule has 2 aliphatic heterocycles. The Kier molecular flexibility index (Phi) is 3.66. The first-order valence-electron chi connectivity index (χ1n) is 6.33. The lowest BCUT2D eigenvalue weighted by atomic mass is 9.96. The van der Waals surface area contributed by atoms with E-state index in [4.69, 9.17) is 0 Å². The quantitative estimate of drug-likeness (QED) is 0.688. The molecule has 2 heterocycles. The molecule has 0 aliphatic carbocycles. The third kappa shape index (κ3) is 2.77. The second kappa shape index (κ2) is 5.04. The van der Waals surface area contributed by atoms with Crippen molar-refractivity contribution in [3.63, 3.8) is 0 Å². The zero-order valence-electron chi connectivity index (χ0n) is 10.5. The van der Waals surface area contributed by atoms with E-state index >= 15 is 0 Å². The van der Waals surface area contributed by atoms with Crippen LogP contribution < -0.4 is 10.6 Å². The van der Waals surface area contributed by atoms with E-state index in [0.717, 1.165) is 19.5 Å². The van der Waals surface area contributed by atoms with Gasteiger partial charge in [0.25, 0.3) is 0 Å². The average molecular weight is 239 g/mol. The van der Waals surface area contributed by atoms with Crippen LogP contribution in [0.5, 0.6) is 0 Å². The van der Waals surface area contributed by atoms with Gasteiger partial charge in [-0.15, -0.1) is 0 Å². The summed E-state index contributed by atoms with van der Waals surface area (Å²) in [7, 11) is 1.79. The summed E-state index contributed by atoms with van der Waals surface area (Å²) in [6.45, 7) is 4.43. The number of carbonyl (C=O) groups is 2. The normalized spacial score (nSPS) is 33.9. The topological polar surface area (TPSA) is 61.4 Å². The molecule has 0 spiro atoms. The first-order valence-corrected chi connectivity index (χ1v) is 6.33. The van der Waals surface area contributed by atoms with Crippen LogP contribution in [0.1, 0.15) is 19.8 Å². The Morgan fingerprint density at radius 2 is 2.24 bits per heavy atom. The Morgan fingerprint density at radius 3 is 2.82 bits per heavy atom. The maximum absolute atomic E-state index is 12.1. The lowest BCUT2D eigenvalue weighted by molar-refractivity contribution is -0.134. The molecule has 2 saturated heterocycles. The molecule has 2 rings (SSSR count). The number of nitrogens with one attached hydrogen (secondary N) is 2. The van der Waals surface area contributed by atoms with E-state index < -0.39 is 0 Å². The third-order valence-electron chi connectivity index (χ3n) is 3.83. The van der Waals surface area contributed by atoms with E-state index in [1.165, 1.54) is 0 Å². The zero-order valence-corrected chi connectivity index (χ0v) is 10.5. The summed E-state index contributed by atoms with van der Waals surface area (Å²) in [5.74, 6) is 0.789. The molecule has 3 atom stereocenters. The predicted octanol–water partition coefficient (Wildman–Crippen LogP) is -0.421. The van der Waals surface area contributed by atoms with Crippen molar-refractivity contribution in [3.8, 4) is 0 Å². The van der Waals surface area contributed by atoms with Gasteiger partial charge in [0.05, 0.1) is 5.92 Å². The number of likely N-dealkylation sites (tertiary alicyclic amines) is 1. The maximum atomic E-state index is 12.1. The van der Waals surface area contributed by atoms with Crippen LogP contribution in [0.15, 0.2) is 0 Å². The average Bonchev–Trinajstić information content (AvgIpc) is 2.70. The van der Waals surface area contributed by atoms with E-state index in [2.05, 4.69) is 17.6 Å². The smallest absolute Gasteiger partial charge is 0.224 e. The van der Waals surface area contributed by atoms with Gasteiger partial charge in [-0.1, -0.05) is 6.92 Å².